The van der Waals surface area contributed by atoms with Gasteiger partial charge in [-0.05, 0) is 182 Å². The van der Waals surface area contributed by atoms with Gasteiger partial charge in [0.05, 0.1) is 62.0 Å². The van der Waals surface area contributed by atoms with Crippen molar-refractivity contribution in [3.63, 3.8) is 0 Å². The molecule has 616 valence electrons. The SMILES string of the molecule is B.Br.Br.Br[P+](c1ccccc1)(c1ccccc1)c1ccccc1.C=C(CCl)CCl.CCS(=O)(=O)c1c(C)cc(C)cc1C.CNCC(CNC)CSP(=O)(O)O.C[NH2+]CC(CBr)C[NH2+]C.Cc1cc(C)c(S(=O)(=O)N(C)CC(CO)CN(C)S(=O)(=O)c2c(C)cc(C)cc2C)c(C)c1.OO.[Br-].[Br-].[Li+].[Li+].[O-]P([O-])(O)=S. The van der Waals surface area contributed by atoms with Gasteiger partial charge in [0.2, 0.25) is 20.0 Å². The molecule has 0 aliphatic rings. The van der Waals surface area contributed by atoms with Crippen LogP contribution in [0.1, 0.15) is 57.0 Å². The predicted octanol–water partition coefficient (Wildman–Crippen LogP) is -4.02. The summed E-state index contributed by atoms with van der Waals surface area (Å²) in [5.74, 6) is 0.333. The molecule has 0 unspecified atom stereocenters. The van der Waals surface area contributed by atoms with Crippen molar-refractivity contribution in [1.29, 1.82) is 0 Å². The molecule has 40 heteroatoms. The van der Waals surface area contributed by atoms with E-state index in [1.807, 2.05) is 85.1 Å². The Morgan fingerprint density at radius 2 is 0.872 bits per heavy atom. The second kappa shape index (κ2) is 66.5. The van der Waals surface area contributed by atoms with Gasteiger partial charge >= 0.3 is 44.5 Å². The smallest absolute Gasteiger partial charge is 1.00 e. The first kappa shape index (κ1) is 128. The number of nitrogens with one attached hydrogen (secondary N) is 2. The fraction of sp³-hybridized carbons (Fsp3) is 0.449. The van der Waals surface area contributed by atoms with Crippen molar-refractivity contribution < 1.29 is 152 Å². The molecule has 0 aromatic heterocycles. The normalized spacial score (nSPS) is 10.9. The fourth-order valence-electron chi connectivity index (χ4n) is 10.6. The van der Waals surface area contributed by atoms with E-state index < -0.39 is 55.3 Å². The summed E-state index contributed by atoms with van der Waals surface area (Å²) in [4.78, 5) is 43.7. The third kappa shape index (κ3) is 49.8. The van der Waals surface area contributed by atoms with Crippen LogP contribution in [0.5, 0.6) is 0 Å². The maximum absolute atomic E-state index is 13.3. The van der Waals surface area contributed by atoms with Crippen molar-refractivity contribution >= 4 is 185 Å². The molecule has 6 rings (SSSR count). The standard InChI is InChI=1S/C24H36N2O5S2.C18H15BrP.C11H16O2S.C6H15BrN2.C6H17N2O3PS.C4H6Cl2.BH3.4BrH.2Li.H3O3PS.H2O2/c1-16-9-18(3)23(19(4)10-16)32(28,29)25(7)13-22(15-27)14-26(8)33(30,31)24-20(5)11-17(2)12-21(24)6;19-20(16-10-4-1-5-11-16,17-12-6-2-7-13-17)18-14-8-3-9-15-18;1-5-14(12,13)11-9(3)6-8(2)7-10(11)4;1-8-4-6(3-7)5-9-2;1-7-3-6(4-8-2)5-13-12(9,10)11;1-4(2-5)3-6;;;;;;;;1-4(2,3)5;1-2/h9-12,22,27H,13-15H2,1-8H3;1-15H;6-7H,5H2,1-4H3;6,8-9H,3-5H2,1-2H3;6-8H,3-5H2,1-2H3,(H2,9,10,11);1-3H2;1H3;4*1H;;;(H3,1,2,3,5);1-2H/q;+1;;;;;;;;;;2*+1;;/p-2. The zero-order chi connectivity index (χ0) is 79.0. The molecule has 0 aliphatic heterocycles. The number of halogens is 8. The first-order valence-corrected chi connectivity index (χ1v) is 48.4. The average Bonchev–Trinajstić information content (AvgIpc) is 0.788. The Morgan fingerprint density at radius 1 is 0.606 bits per heavy atom. The molecule has 0 saturated carbocycles. The number of hydrogen-bond acceptors (Lipinski definition) is 16. The van der Waals surface area contributed by atoms with Gasteiger partial charge in [-0.3, -0.25) is 10.5 Å². The largest absolute Gasteiger partial charge is 1.00 e. The predicted molar refractivity (Wildman–Crippen MR) is 465 cm³/mol. The number of rotatable bonds is 28. The molecule has 6 aromatic carbocycles. The fourth-order valence-corrected chi connectivity index (χ4v) is 22.7. The van der Waals surface area contributed by atoms with Gasteiger partial charge in [-0.1, -0.05) is 144 Å². The first-order chi connectivity index (χ1) is 47.5. The summed E-state index contributed by atoms with van der Waals surface area (Å²) in [6.45, 7) is 17.1. The quantitative estimate of drug-likeness (QED) is 0.00559. The Bertz CT molecular complexity index is 3620. The number of nitrogens with two attached hydrogens (primary N) is 2. The number of aryl methyl sites for hydroxylation is 9. The maximum atomic E-state index is 13.3. The van der Waals surface area contributed by atoms with E-state index in [9.17, 15) is 34.9 Å². The topological polar surface area (TPSA) is 351 Å². The summed E-state index contributed by atoms with van der Waals surface area (Å²) in [5.41, 5.74) is 8.27. The first-order valence-electron chi connectivity index (χ1n) is 32.1. The van der Waals surface area contributed by atoms with E-state index in [1.54, 1.807) is 34.6 Å². The van der Waals surface area contributed by atoms with Gasteiger partial charge in [0.1, 0.15) is 15.9 Å². The summed E-state index contributed by atoms with van der Waals surface area (Å²) >= 11 is 22.2. The van der Waals surface area contributed by atoms with Crippen LogP contribution in [0.2, 0.25) is 0 Å². The monoisotopic (exact) mass is 2090 g/mol. The molecule has 6 aromatic rings. The van der Waals surface area contributed by atoms with Crippen LogP contribution in [-0.2, 0) is 46.3 Å². The number of alkyl halides is 3. The van der Waals surface area contributed by atoms with E-state index >= 15 is 0 Å². The number of allylic oxidation sites excluding steroid dienone is 1. The third-order valence-corrected chi connectivity index (χ3v) is 31.7. The number of sulfonamides is 2. The summed E-state index contributed by atoms with van der Waals surface area (Å²) in [7, 11) is 0.101. The van der Waals surface area contributed by atoms with Crippen molar-refractivity contribution in [2.75, 3.05) is 117 Å². The van der Waals surface area contributed by atoms with Gasteiger partial charge in [0, 0.05) is 62.6 Å². The zero-order valence-corrected chi connectivity index (χ0v) is 83.0. The summed E-state index contributed by atoms with van der Waals surface area (Å²) in [6, 6.07) is 43.2. The van der Waals surface area contributed by atoms with Crippen molar-refractivity contribution in [2.24, 2.45) is 17.8 Å². The minimum atomic E-state index is -4.31. The number of hydrogen-bond donors (Lipinski definition) is 10. The molecule has 21 nitrogen and oxygen atoms in total. The van der Waals surface area contributed by atoms with E-state index in [-0.39, 0.29) is 155 Å². The molecule has 0 amide bonds. The number of aliphatic hydroxyl groups is 1. The second-order valence-corrected chi connectivity index (χ2v) is 43.2. The molecule has 0 heterocycles. The van der Waals surface area contributed by atoms with Crippen LogP contribution in [0.3, 0.4) is 0 Å². The molecule has 0 aliphatic carbocycles. The Labute approximate surface area is 756 Å². The van der Waals surface area contributed by atoms with Crippen LogP contribution in [0, 0.1) is 80.1 Å². The summed E-state index contributed by atoms with van der Waals surface area (Å²) in [6.07, 6.45) is 0. The number of aliphatic hydroxyl groups excluding tert-OH is 1. The van der Waals surface area contributed by atoms with E-state index in [2.05, 4.69) is 176 Å². The van der Waals surface area contributed by atoms with E-state index in [1.165, 1.54) is 51.7 Å². The molecule has 0 spiro atoms. The minimum absolute atomic E-state index is 0. The molecule has 0 radical (unpaired) electrons. The third-order valence-electron chi connectivity index (χ3n) is 14.7. The van der Waals surface area contributed by atoms with Crippen LogP contribution < -0.4 is 119 Å². The van der Waals surface area contributed by atoms with Crippen LogP contribution in [-0.4, -0.2) is 189 Å². The summed E-state index contributed by atoms with van der Waals surface area (Å²) < 4.78 is 89.6. The van der Waals surface area contributed by atoms with Gasteiger partial charge in [0.15, 0.2) is 31.3 Å². The van der Waals surface area contributed by atoms with Crippen molar-refractivity contribution in [3.05, 3.63) is 190 Å². The van der Waals surface area contributed by atoms with Crippen molar-refractivity contribution in [2.45, 2.75) is 83.9 Å². The Hall–Kier alpha value is 0.730. The number of benzene rings is 6. The van der Waals surface area contributed by atoms with E-state index in [0.717, 1.165) is 57.7 Å². The van der Waals surface area contributed by atoms with Gasteiger partial charge in [-0.2, -0.15) is 0 Å². The molecule has 109 heavy (non-hydrogen) atoms. The molecule has 12 N–H and O–H groups in total. The van der Waals surface area contributed by atoms with E-state index in [0.29, 0.717) is 56.0 Å². The van der Waals surface area contributed by atoms with Crippen LogP contribution in [0.4, 0.5) is 0 Å². The molecule has 0 fully saturated rings. The van der Waals surface area contributed by atoms with E-state index in [4.69, 9.17) is 58.2 Å². The van der Waals surface area contributed by atoms with Crippen molar-refractivity contribution in [3.8, 4) is 0 Å². The molecule has 0 bridgehead atoms. The molecular weight excluding hydrogens is 1980 g/mol. The summed E-state index contributed by atoms with van der Waals surface area (Å²) in [5, 5.41) is 37.5. The van der Waals surface area contributed by atoms with Crippen molar-refractivity contribution in [1.82, 2.24) is 19.2 Å². The number of sulfone groups is 1. The van der Waals surface area contributed by atoms with Crippen LogP contribution in [0.15, 0.2) is 154 Å². The minimum Gasteiger partial charge on any atom is -1.00 e. The molecule has 0 atom stereocenters. The second-order valence-electron chi connectivity index (χ2n) is 23.9. The number of nitrogens with zero attached hydrogens (tertiary/aromatic N) is 2. The Balaban J connectivity index is -0.000000163. The Morgan fingerprint density at radius 3 is 1.07 bits per heavy atom. The maximum Gasteiger partial charge on any atom is 1.00 e. The van der Waals surface area contributed by atoms with Gasteiger partial charge in [0.25, 0.3) is 0 Å². The molecule has 0 saturated heterocycles. The molecular formula is C69H115BBr6Cl2Li2N6O15P3S5+. The van der Waals surface area contributed by atoms with Gasteiger partial charge in [-0.25, -0.2) is 38.4 Å². The number of quaternary nitrogens is 2. The van der Waals surface area contributed by atoms with Gasteiger partial charge in [-0.15, -0.1) is 69.0 Å². The Kier molecular flexibility index (Phi) is 78.0. The zero-order valence-electron chi connectivity index (χ0n) is 64.9. The van der Waals surface area contributed by atoms with Crippen LogP contribution in [0.25, 0.3) is 0 Å². The average molecular weight is 2100 g/mol. The van der Waals surface area contributed by atoms with Crippen LogP contribution >= 0.6 is 119 Å². The van der Waals surface area contributed by atoms with Gasteiger partial charge < -0.3 is 84.8 Å².